The highest BCUT2D eigenvalue weighted by molar-refractivity contribution is 5.92. The molecule has 5 heteroatoms. The molecule has 3 rings (SSSR count). The van der Waals surface area contributed by atoms with E-state index in [1.165, 1.54) is 4.68 Å². The minimum atomic E-state index is -0.448. The number of benzene rings is 1. The average molecular weight is 189 g/mol. The van der Waals surface area contributed by atoms with Crippen LogP contribution in [0.15, 0.2) is 33.6 Å². The Morgan fingerprint density at radius 2 is 2.29 bits per heavy atom. The van der Waals surface area contributed by atoms with Gasteiger partial charge in [-0.1, -0.05) is 0 Å². The number of aromatic nitrogens is 2. The van der Waals surface area contributed by atoms with Gasteiger partial charge in [0.2, 0.25) is 0 Å². The van der Waals surface area contributed by atoms with Gasteiger partial charge in [0.15, 0.2) is 5.58 Å². The van der Waals surface area contributed by atoms with E-state index in [1.807, 2.05) is 12.1 Å². The van der Waals surface area contributed by atoms with E-state index >= 15 is 0 Å². The van der Waals surface area contributed by atoms with Gasteiger partial charge in [0.25, 0.3) is 0 Å². The molecule has 0 bridgehead atoms. The van der Waals surface area contributed by atoms with Crippen LogP contribution < -0.4 is 11.6 Å². The molecule has 0 aliphatic heterocycles. The van der Waals surface area contributed by atoms with Gasteiger partial charge in [-0.3, -0.25) is 9.66 Å². The summed E-state index contributed by atoms with van der Waals surface area (Å²) in [6.07, 6.45) is 1.75. The highest BCUT2D eigenvalue weighted by Gasteiger charge is 2.05. The first-order chi connectivity index (χ1) is 6.74. The molecule has 14 heavy (non-hydrogen) atoms. The van der Waals surface area contributed by atoms with Gasteiger partial charge in [-0.15, -0.1) is 0 Å². The van der Waals surface area contributed by atoms with Crippen molar-refractivity contribution >= 4 is 22.0 Å². The average Bonchev–Trinajstić information content (AvgIpc) is 2.66. The molecule has 0 spiro atoms. The van der Waals surface area contributed by atoms with Crippen LogP contribution in [-0.4, -0.2) is 9.66 Å². The number of H-pyrrole nitrogens is 1. The number of nitrogen functional groups attached to an aromatic ring is 1. The molecule has 1 aromatic carbocycles. The predicted octanol–water partition coefficient (Wildman–Crippen LogP) is 0.790. The van der Waals surface area contributed by atoms with Crippen LogP contribution in [0.5, 0.6) is 0 Å². The molecule has 0 atom stereocenters. The van der Waals surface area contributed by atoms with Gasteiger partial charge in [0.05, 0.1) is 11.0 Å². The van der Waals surface area contributed by atoms with E-state index < -0.39 is 5.76 Å². The molecule has 3 N–H and O–H groups in total. The van der Waals surface area contributed by atoms with Crippen LogP contribution in [-0.2, 0) is 0 Å². The fourth-order valence-electron chi connectivity index (χ4n) is 1.60. The summed E-state index contributed by atoms with van der Waals surface area (Å²) in [5, 5.41) is 0.969. The Balaban J connectivity index is 2.59. The monoisotopic (exact) mass is 189 g/mol. The Bertz CT molecular complexity index is 674. The molecular formula is C9H7N3O2. The zero-order valence-electron chi connectivity index (χ0n) is 7.15. The van der Waals surface area contributed by atoms with Crippen molar-refractivity contribution < 1.29 is 4.42 Å². The van der Waals surface area contributed by atoms with Crippen LogP contribution in [0.2, 0.25) is 0 Å². The molecule has 0 saturated heterocycles. The lowest BCUT2D eigenvalue weighted by Gasteiger charge is -1.94. The Labute approximate surface area is 77.7 Å². The maximum absolute atomic E-state index is 10.9. The van der Waals surface area contributed by atoms with Crippen LogP contribution in [0.1, 0.15) is 0 Å². The minimum Gasteiger partial charge on any atom is -0.408 e. The standard InChI is InChI=1S/C9H7N3O2/c10-12-2-1-5-3-6-8(4-7(5)12)14-9(13)11-6/h1-4H,10H2,(H,11,13). The number of oxazole rings is 1. The third-order valence-corrected chi connectivity index (χ3v) is 2.26. The molecule has 70 valence electrons. The summed E-state index contributed by atoms with van der Waals surface area (Å²) in [7, 11) is 0. The van der Waals surface area contributed by atoms with E-state index in [1.54, 1.807) is 12.3 Å². The molecule has 0 unspecified atom stereocenters. The maximum Gasteiger partial charge on any atom is 0.417 e. The largest absolute Gasteiger partial charge is 0.417 e. The molecule has 0 amide bonds. The fourth-order valence-corrected chi connectivity index (χ4v) is 1.60. The van der Waals surface area contributed by atoms with Crippen molar-refractivity contribution in [3.63, 3.8) is 0 Å². The van der Waals surface area contributed by atoms with Crippen LogP contribution in [0.4, 0.5) is 0 Å². The van der Waals surface area contributed by atoms with Gasteiger partial charge >= 0.3 is 5.76 Å². The third kappa shape index (κ3) is 0.806. The maximum atomic E-state index is 10.9. The number of nitrogens with one attached hydrogen (secondary N) is 1. The summed E-state index contributed by atoms with van der Waals surface area (Å²) in [6, 6.07) is 5.45. The molecule has 0 saturated carbocycles. The lowest BCUT2D eigenvalue weighted by molar-refractivity contribution is 0.555. The summed E-state index contributed by atoms with van der Waals surface area (Å²) in [5.41, 5.74) is 2.04. The Hall–Kier alpha value is -2.17. The number of nitrogens with zero attached hydrogens (tertiary/aromatic N) is 1. The van der Waals surface area contributed by atoms with Crippen LogP contribution in [0.3, 0.4) is 0 Å². The molecule has 0 aliphatic carbocycles. The zero-order chi connectivity index (χ0) is 9.71. The van der Waals surface area contributed by atoms with E-state index in [2.05, 4.69) is 4.98 Å². The summed E-state index contributed by atoms with van der Waals surface area (Å²) in [5.74, 6) is 5.21. The summed E-state index contributed by atoms with van der Waals surface area (Å²) in [4.78, 5) is 13.5. The first kappa shape index (κ1) is 7.25. The minimum absolute atomic E-state index is 0.448. The molecular weight excluding hydrogens is 182 g/mol. The highest BCUT2D eigenvalue weighted by atomic mass is 16.4. The summed E-state index contributed by atoms with van der Waals surface area (Å²) in [6.45, 7) is 0. The van der Waals surface area contributed by atoms with Gasteiger partial charge in [0.1, 0.15) is 0 Å². The topological polar surface area (TPSA) is 76.9 Å². The number of fused-ring (bicyclic) bond motifs is 2. The summed E-state index contributed by atoms with van der Waals surface area (Å²) < 4.78 is 6.41. The second kappa shape index (κ2) is 2.20. The number of rotatable bonds is 0. The van der Waals surface area contributed by atoms with E-state index in [9.17, 15) is 4.79 Å². The summed E-state index contributed by atoms with van der Waals surface area (Å²) >= 11 is 0. The number of nitrogens with two attached hydrogens (primary N) is 1. The third-order valence-electron chi connectivity index (χ3n) is 2.26. The van der Waals surface area contributed by atoms with E-state index in [-0.39, 0.29) is 0 Å². The zero-order valence-corrected chi connectivity index (χ0v) is 7.15. The predicted molar refractivity (Wildman–Crippen MR) is 52.5 cm³/mol. The molecule has 2 heterocycles. The van der Waals surface area contributed by atoms with E-state index in [4.69, 9.17) is 10.3 Å². The smallest absolute Gasteiger partial charge is 0.408 e. The van der Waals surface area contributed by atoms with Crippen molar-refractivity contribution in [2.75, 3.05) is 5.84 Å². The lowest BCUT2D eigenvalue weighted by atomic mass is 10.2. The second-order valence-corrected chi connectivity index (χ2v) is 3.14. The molecule has 3 aromatic rings. The fraction of sp³-hybridized carbons (Fsp3) is 0. The first-order valence-corrected chi connectivity index (χ1v) is 4.13. The molecule has 0 aliphatic rings. The molecule has 0 radical (unpaired) electrons. The quantitative estimate of drug-likeness (QED) is 0.513. The number of aromatic amines is 1. The van der Waals surface area contributed by atoms with E-state index in [0.29, 0.717) is 11.1 Å². The van der Waals surface area contributed by atoms with Crippen molar-refractivity contribution in [1.82, 2.24) is 9.66 Å². The first-order valence-electron chi connectivity index (χ1n) is 4.13. The van der Waals surface area contributed by atoms with Crippen molar-refractivity contribution in [1.29, 1.82) is 0 Å². The normalized spacial score (nSPS) is 11.4. The molecule has 0 fully saturated rings. The van der Waals surface area contributed by atoms with Gasteiger partial charge in [-0.25, -0.2) is 4.79 Å². The second-order valence-electron chi connectivity index (χ2n) is 3.14. The Morgan fingerprint density at radius 3 is 3.14 bits per heavy atom. The Kier molecular flexibility index (Phi) is 1.14. The number of hydrogen-bond acceptors (Lipinski definition) is 3. The van der Waals surface area contributed by atoms with Gasteiger partial charge < -0.3 is 10.3 Å². The van der Waals surface area contributed by atoms with Crippen molar-refractivity contribution in [3.8, 4) is 0 Å². The van der Waals surface area contributed by atoms with E-state index in [0.717, 1.165) is 10.9 Å². The van der Waals surface area contributed by atoms with Crippen molar-refractivity contribution in [2.24, 2.45) is 0 Å². The number of hydrogen-bond donors (Lipinski definition) is 2. The highest BCUT2D eigenvalue weighted by Crippen LogP contribution is 2.20. The van der Waals surface area contributed by atoms with Crippen molar-refractivity contribution in [2.45, 2.75) is 0 Å². The van der Waals surface area contributed by atoms with Crippen molar-refractivity contribution in [3.05, 3.63) is 34.9 Å². The van der Waals surface area contributed by atoms with Gasteiger partial charge in [-0.2, -0.15) is 0 Å². The van der Waals surface area contributed by atoms with Crippen LogP contribution in [0, 0.1) is 0 Å². The Morgan fingerprint density at radius 1 is 1.43 bits per heavy atom. The molecule has 2 aromatic heterocycles. The SMILES string of the molecule is Nn1ccc2cc3[nH]c(=O)oc3cc21. The molecule has 5 nitrogen and oxygen atoms in total. The van der Waals surface area contributed by atoms with Crippen LogP contribution in [0.25, 0.3) is 22.0 Å². The van der Waals surface area contributed by atoms with Crippen LogP contribution >= 0.6 is 0 Å². The van der Waals surface area contributed by atoms with Gasteiger partial charge in [0, 0.05) is 17.6 Å². The van der Waals surface area contributed by atoms with Gasteiger partial charge in [-0.05, 0) is 12.1 Å². The lowest BCUT2D eigenvalue weighted by Crippen LogP contribution is -2.04.